The van der Waals surface area contributed by atoms with E-state index in [4.69, 9.17) is 5.73 Å². The molecule has 1 amide bonds. The highest BCUT2D eigenvalue weighted by molar-refractivity contribution is 7.90. The zero-order valence-corrected chi connectivity index (χ0v) is 19.3. The number of H-pyrrole nitrogens is 1. The van der Waals surface area contributed by atoms with Crippen molar-refractivity contribution in [2.45, 2.75) is 43.0 Å². The zero-order valence-electron chi connectivity index (χ0n) is 18.4. The highest BCUT2D eigenvalue weighted by Crippen LogP contribution is 2.45. The number of sulfone groups is 1. The van der Waals surface area contributed by atoms with E-state index >= 15 is 0 Å². The van der Waals surface area contributed by atoms with Crippen molar-refractivity contribution in [3.05, 3.63) is 59.2 Å². The lowest BCUT2D eigenvalue weighted by Crippen LogP contribution is -2.53. The fourth-order valence-electron chi connectivity index (χ4n) is 4.00. The van der Waals surface area contributed by atoms with Crippen molar-refractivity contribution in [2.75, 3.05) is 6.26 Å². The number of carbonyl (C=O) groups excluding carboxylic acids is 1. The normalized spacial score (nSPS) is 16.2. The third kappa shape index (κ3) is 4.78. The van der Waals surface area contributed by atoms with Crippen molar-refractivity contribution in [3.8, 4) is 0 Å². The lowest BCUT2D eigenvalue weighted by molar-refractivity contribution is -0.279. The number of pyridine rings is 1. The minimum absolute atomic E-state index is 0.00411. The predicted octanol–water partition coefficient (Wildman–Crippen LogP) is 3.48. The zero-order chi connectivity index (χ0) is 25.6. The monoisotopic (exact) mass is 501 g/mol. The summed E-state index contributed by atoms with van der Waals surface area (Å²) < 4.78 is 79.7. The molecule has 184 valence electrons. The number of hydrogen-bond donors (Lipinski definition) is 3. The van der Waals surface area contributed by atoms with Crippen LogP contribution in [0.4, 0.5) is 17.6 Å². The summed E-state index contributed by atoms with van der Waals surface area (Å²) in [6, 6.07) is 5.56. The third-order valence-electron chi connectivity index (χ3n) is 6.14. The second-order valence-electron chi connectivity index (χ2n) is 8.45. The summed E-state index contributed by atoms with van der Waals surface area (Å²) in [4.78, 5) is 18.3. The first kappa shape index (κ1) is 25.6. The molecule has 0 saturated carbocycles. The average Bonchev–Trinajstić information content (AvgIpc) is 3.12. The van der Waals surface area contributed by atoms with E-state index in [1.165, 1.54) is 38.2 Å². The van der Waals surface area contributed by atoms with Gasteiger partial charge in [0.2, 0.25) is 5.91 Å². The van der Waals surface area contributed by atoms with Gasteiger partial charge in [-0.25, -0.2) is 17.8 Å². The molecule has 3 rings (SSSR count). The van der Waals surface area contributed by atoms with Crippen LogP contribution in [-0.2, 0) is 16.3 Å². The molecule has 0 bridgehead atoms. The fourth-order valence-corrected chi connectivity index (χ4v) is 4.59. The minimum Gasteiger partial charge on any atom is -0.380 e. The first-order chi connectivity index (χ1) is 15.5. The molecule has 1 aromatic carbocycles. The number of nitrogens with two attached hydrogens (primary N) is 1. The Morgan fingerprint density at radius 1 is 1.21 bits per heavy atom. The van der Waals surface area contributed by atoms with E-state index < -0.39 is 51.6 Å². The maximum absolute atomic E-state index is 14.2. The van der Waals surface area contributed by atoms with Gasteiger partial charge in [0.15, 0.2) is 20.5 Å². The number of fused-ring (bicyclic) bond motifs is 1. The van der Waals surface area contributed by atoms with E-state index in [2.05, 4.69) is 9.97 Å². The number of aromatic amines is 1. The van der Waals surface area contributed by atoms with Crippen LogP contribution in [0.2, 0.25) is 0 Å². The van der Waals surface area contributed by atoms with Crippen molar-refractivity contribution >= 4 is 26.6 Å². The van der Waals surface area contributed by atoms with Gasteiger partial charge < -0.3 is 15.8 Å². The molecule has 0 saturated heterocycles. The van der Waals surface area contributed by atoms with Crippen LogP contribution in [0.5, 0.6) is 0 Å². The second-order valence-corrected chi connectivity index (χ2v) is 10.4. The van der Waals surface area contributed by atoms with E-state index in [-0.39, 0.29) is 21.8 Å². The first-order valence-corrected chi connectivity index (χ1v) is 12.0. The minimum atomic E-state index is -5.08. The number of hydrogen-bond acceptors (Lipinski definition) is 5. The topological polar surface area (TPSA) is 126 Å². The van der Waals surface area contributed by atoms with Gasteiger partial charge in [0.1, 0.15) is 5.82 Å². The van der Waals surface area contributed by atoms with Gasteiger partial charge in [0.05, 0.1) is 11.7 Å². The van der Waals surface area contributed by atoms with Gasteiger partial charge in [-0.3, -0.25) is 4.79 Å². The van der Waals surface area contributed by atoms with Crippen molar-refractivity contribution in [1.82, 2.24) is 9.97 Å². The molecule has 3 atom stereocenters. The molecular formula is C22H23F4N3O4S. The van der Waals surface area contributed by atoms with Crippen molar-refractivity contribution < 1.29 is 35.9 Å². The number of nitrogens with zero attached hydrogens (tertiary/aromatic N) is 1. The number of nitrogens with one attached hydrogen (secondary N) is 1. The maximum atomic E-state index is 14.2. The van der Waals surface area contributed by atoms with Gasteiger partial charge in [-0.15, -0.1) is 0 Å². The smallest absolute Gasteiger partial charge is 0.380 e. The summed E-state index contributed by atoms with van der Waals surface area (Å²) in [5.41, 5.74) is 2.11. The summed E-state index contributed by atoms with van der Waals surface area (Å²) in [7, 11) is -3.63. The van der Waals surface area contributed by atoms with Crippen LogP contribution in [0, 0.1) is 11.7 Å². The molecule has 0 radical (unpaired) electrons. The van der Waals surface area contributed by atoms with E-state index in [1.54, 1.807) is 0 Å². The van der Waals surface area contributed by atoms with Crippen molar-refractivity contribution in [3.63, 3.8) is 0 Å². The Kier molecular flexibility index (Phi) is 6.53. The molecule has 0 aliphatic carbocycles. The Labute approximate surface area is 192 Å². The van der Waals surface area contributed by atoms with Crippen LogP contribution in [0.3, 0.4) is 0 Å². The summed E-state index contributed by atoms with van der Waals surface area (Å²) in [6.07, 6.45) is -3.83. The number of amides is 1. The van der Waals surface area contributed by atoms with Crippen LogP contribution >= 0.6 is 0 Å². The number of halogens is 4. The number of aromatic nitrogens is 2. The number of aliphatic hydroxyl groups is 1. The third-order valence-corrected chi connectivity index (χ3v) is 7.12. The Morgan fingerprint density at radius 2 is 1.85 bits per heavy atom. The average molecular weight is 502 g/mol. The van der Waals surface area contributed by atoms with Gasteiger partial charge in [-0.05, 0) is 35.7 Å². The van der Waals surface area contributed by atoms with E-state index in [9.17, 15) is 35.9 Å². The van der Waals surface area contributed by atoms with E-state index in [0.29, 0.717) is 10.9 Å². The summed E-state index contributed by atoms with van der Waals surface area (Å²) in [6.45, 7) is 2.56. The second kappa shape index (κ2) is 8.66. The SMILES string of the molecule is CC(c1ccc(F)cc1C(N)=O)C(C)C(O)(Cc1cc2cc(S(C)(=O)=O)ncc2[nH]1)C(F)(F)F. The number of benzene rings is 1. The maximum Gasteiger partial charge on any atom is 0.417 e. The molecule has 0 fully saturated rings. The standard InChI is InChI=1S/C22H23F4N3O4S/c1-11(16-5-4-14(23)8-17(16)20(27)30)12(2)21(31,22(24,25)26)9-15-6-13-7-19(34(3,32)33)28-10-18(13)29-15/h4-8,10-12,29,31H,9H2,1-3H3,(H2,27,30). The van der Waals surface area contributed by atoms with Crippen LogP contribution in [0.25, 0.3) is 10.9 Å². The fraction of sp³-hybridized carbons (Fsp3) is 0.364. The Balaban J connectivity index is 2.03. The molecule has 4 N–H and O–H groups in total. The largest absolute Gasteiger partial charge is 0.417 e. The molecule has 0 aliphatic heterocycles. The van der Waals surface area contributed by atoms with Crippen LogP contribution in [0.15, 0.2) is 41.6 Å². The lowest BCUT2D eigenvalue weighted by atomic mass is 9.73. The quantitative estimate of drug-likeness (QED) is 0.428. The van der Waals surface area contributed by atoms with Crippen molar-refractivity contribution in [1.29, 1.82) is 0 Å². The molecule has 7 nitrogen and oxygen atoms in total. The molecule has 3 aromatic rings. The van der Waals surface area contributed by atoms with E-state index in [0.717, 1.165) is 18.4 Å². The molecule has 12 heteroatoms. The molecule has 0 spiro atoms. The van der Waals surface area contributed by atoms with Crippen LogP contribution in [0.1, 0.15) is 41.4 Å². The van der Waals surface area contributed by atoms with E-state index in [1.807, 2.05) is 0 Å². The summed E-state index contributed by atoms with van der Waals surface area (Å²) in [5, 5.41) is 11.0. The van der Waals surface area contributed by atoms with Gasteiger partial charge >= 0.3 is 6.18 Å². The molecule has 2 heterocycles. The molecule has 0 aliphatic rings. The number of carbonyl (C=O) groups is 1. The summed E-state index contributed by atoms with van der Waals surface area (Å²) >= 11 is 0. The highest BCUT2D eigenvalue weighted by atomic mass is 32.2. The highest BCUT2D eigenvalue weighted by Gasteiger charge is 2.58. The Bertz CT molecular complexity index is 1350. The lowest BCUT2D eigenvalue weighted by Gasteiger charge is -2.39. The number of alkyl halides is 3. The van der Waals surface area contributed by atoms with Crippen LogP contribution in [-0.4, -0.2) is 47.4 Å². The van der Waals surface area contributed by atoms with Gasteiger partial charge in [0.25, 0.3) is 0 Å². The van der Waals surface area contributed by atoms with Crippen molar-refractivity contribution in [2.24, 2.45) is 11.7 Å². The Morgan fingerprint density at radius 3 is 2.41 bits per heavy atom. The number of rotatable bonds is 7. The van der Waals surface area contributed by atoms with Gasteiger partial charge in [-0.2, -0.15) is 13.2 Å². The van der Waals surface area contributed by atoms with Gasteiger partial charge in [0, 0.05) is 35.2 Å². The van der Waals surface area contributed by atoms with Crippen LogP contribution < -0.4 is 5.73 Å². The number of primary amides is 1. The Hall–Kier alpha value is -2.99. The molecule has 34 heavy (non-hydrogen) atoms. The predicted molar refractivity (Wildman–Crippen MR) is 116 cm³/mol. The molecule has 2 aromatic heterocycles. The summed E-state index contributed by atoms with van der Waals surface area (Å²) in [5.74, 6) is -4.32. The first-order valence-electron chi connectivity index (χ1n) is 10.1. The van der Waals surface area contributed by atoms with Gasteiger partial charge in [-0.1, -0.05) is 19.9 Å². The molecule has 3 unspecified atom stereocenters. The molecular weight excluding hydrogens is 478 g/mol.